The average Bonchev–Trinajstić information content (AvgIpc) is 2.41. The first kappa shape index (κ1) is 21.2. The maximum atomic E-state index is 11.9. The van der Waals surface area contributed by atoms with Gasteiger partial charge in [-0.3, -0.25) is 4.79 Å². The highest BCUT2D eigenvalue weighted by Gasteiger charge is 2.25. The predicted molar refractivity (Wildman–Crippen MR) is 78.7 cm³/mol. The molecule has 0 aromatic rings. The minimum absolute atomic E-state index is 0.103. The van der Waals surface area contributed by atoms with E-state index in [1.54, 1.807) is 12.2 Å². The Kier molecular flexibility index (Phi) is 9.96. The molecule has 2 atom stereocenters. The molecule has 8 heteroatoms. The molecule has 0 rings (SSSR count). The summed E-state index contributed by atoms with van der Waals surface area (Å²) in [6.07, 6.45) is 1.46. The lowest BCUT2D eigenvalue weighted by Crippen LogP contribution is -2.47. The van der Waals surface area contributed by atoms with Crippen molar-refractivity contribution in [2.24, 2.45) is 0 Å². The summed E-state index contributed by atoms with van der Waals surface area (Å²) in [5.74, 6) is -2.00. The van der Waals surface area contributed by atoms with Gasteiger partial charge in [0, 0.05) is 12.5 Å². The van der Waals surface area contributed by atoms with Gasteiger partial charge in [-0.1, -0.05) is 24.6 Å². The van der Waals surface area contributed by atoms with Gasteiger partial charge in [0.2, 0.25) is 5.91 Å². The number of hydrogen-bond donors (Lipinski definition) is 3. The summed E-state index contributed by atoms with van der Waals surface area (Å²) in [4.78, 5) is 22.2. The zero-order valence-electron chi connectivity index (χ0n) is 12.8. The molecule has 0 saturated carbocycles. The Hall–Kier alpha value is -1.83. The number of aliphatic hydroxyl groups excluding tert-OH is 1. The Labute approximate surface area is 132 Å². The molecule has 0 aromatic carbocycles. The van der Waals surface area contributed by atoms with Crippen molar-refractivity contribution in [3.05, 3.63) is 24.3 Å². The molecule has 0 bridgehead atoms. The van der Waals surface area contributed by atoms with Crippen LogP contribution in [-0.2, 0) is 9.59 Å². The average molecular weight is 337 g/mol. The number of alkyl halides is 3. The van der Waals surface area contributed by atoms with Crippen molar-refractivity contribution in [2.75, 3.05) is 0 Å². The van der Waals surface area contributed by atoms with Crippen LogP contribution in [-0.4, -0.2) is 40.4 Å². The third-order valence-corrected chi connectivity index (χ3v) is 2.87. The number of carbonyl (C=O) groups excluding carboxylic acids is 1. The molecule has 5 nitrogen and oxygen atoms in total. The SMILES string of the molecule is CC(O)C(NC(=O)/C=C/C=C/CCCCCC(F)(F)F)C(=O)O. The third-order valence-electron chi connectivity index (χ3n) is 2.87. The van der Waals surface area contributed by atoms with Crippen molar-refractivity contribution in [3.63, 3.8) is 0 Å². The van der Waals surface area contributed by atoms with E-state index in [0.717, 1.165) is 6.08 Å². The third kappa shape index (κ3) is 12.4. The summed E-state index contributed by atoms with van der Waals surface area (Å²) in [5, 5.41) is 20.1. The van der Waals surface area contributed by atoms with Gasteiger partial charge in [-0.15, -0.1) is 0 Å². The Balaban J connectivity index is 3.91. The number of carbonyl (C=O) groups is 2. The fourth-order valence-electron chi connectivity index (χ4n) is 1.67. The second-order valence-corrected chi connectivity index (χ2v) is 5.07. The van der Waals surface area contributed by atoms with E-state index in [4.69, 9.17) is 5.11 Å². The molecule has 0 aliphatic rings. The summed E-state index contributed by atoms with van der Waals surface area (Å²) in [6.45, 7) is 1.25. The quantitative estimate of drug-likeness (QED) is 0.325. The van der Waals surface area contributed by atoms with Gasteiger partial charge in [-0.2, -0.15) is 13.2 Å². The molecule has 0 aliphatic heterocycles. The maximum Gasteiger partial charge on any atom is 0.389 e. The van der Waals surface area contributed by atoms with Gasteiger partial charge < -0.3 is 15.5 Å². The van der Waals surface area contributed by atoms with E-state index < -0.39 is 36.6 Å². The van der Waals surface area contributed by atoms with E-state index in [1.165, 1.54) is 13.0 Å². The van der Waals surface area contributed by atoms with Crippen LogP contribution in [0.2, 0.25) is 0 Å². The number of carboxylic acids is 1. The van der Waals surface area contributed by atoms with Crippen molar-refractivity contribution < 1.29 is 33.0 Å². The molecule has 0 saturated heterocycles. The maximum absolute atomic E-state index is 11.9. The Morgan fingerprint density at radius 3 is 2.35 bits per heavy atom. The van der Waals surface area contributed by atoms with E-state index in [9.17, 15) is 27.9 Å². The van der Waals surface area contributed by atoms with Crippen LogP contribution in [0, 0.1) is 0 Å². The van der Waals surface area contributed by atoms with Crippen molar-refractivity contribution in [3.8, 4) is 0 Å². The minimum Gasteiger partial charge on any atom is -0.480 e. The van der Waals surface area contributed by atoms with Crippen molar-refractivity contribution >= 4 is 11.9 Å². The largest absolute Gasteiger partial charge is 0.480 e. The number of unbranched alkanes of at least 4 members (excludes halogenated alkanes) is 3. The van der Waals surface area contributed by atoms with Crippen molar-refractivity contribution in [2.45, 2.75) is 57.3 Å². The van der Waals surface area contributed by atoms with E-state index in [-0.39, 0.29) is 6.42 Å². The van der Waals surface area contributed by atoms with Crippen LogP contribution in [0.1, 0.15) is 39.0 Å². The van der Waals surface area contributed by atoms with Crippen LogP contribution < -0.4 is 5.32 Å². The van der Waals surface area contributed by atoms with Crippen LogP contribution in [0.15, 0.2) is 24.3 Å². The van der Waals surface area contributed by atoms with Gasteiger partial charge in [0.25, 0.3) is 0 Å². The van der Waals surface area contributed by atoms with E-state index >= 15 is 0 Å². The van der Waals surface area contributed by atoms with Gasteiger partial charge in [-0.25, -0.2) is 4.79 Å². The number of nitrogens with one attached hydrogen (secondary N) is 1. The van der Waals surface area contributed by atoms with Crippen LogP contribution in [0.25, 0.3) is 0 Å². The number of rotatable bonds is 10. The lowest BCUT2D eigenvalue weighted by atomic mass is 10.1. The molecule has 23 heavy (non-hydrogen) atoms. The van der Waals surface area contributed by atoms with Crippen molar-refractivity contribution in [1.29, 1.82) is 0 Å². The Morgan fingerprint density at radius 2 is 1.83 bits per heavy atom. The van der Waals surface area contributed by atoms with Gasteiger partial charge >= 0.3 is 12.1 Å². The molecule has 0 spiro atoms. The van der Waals surface area contributed by atoms with E-state index in [1.807, 2.05) is 0 Å². The lowest BCUT2D eigenvalue weighted by Gasteiger charge is -2.15. The summed E-state index contributed by atoms with van der Waals surface area (Å²) < 4.78 is 35.7. The lowest BCUT2D eigenvalue weighted by molar-refractivity contribution is -0.144. The first-order valence-corrected chi connectivity index (χ1v) is 7.25. The first-order chi connectivity index (χ1) is 10.6. The topological polar surface area (TPSA) is 86.6 Å². The molecule has 0 fully saturated rings. The fourth-order valence-corrected chi connectivity index (χ4v) is 1.67. The van der Waals surface area contributed by atoms with Gasteiger partial charge in [0.15, 0.2) is 6.04 Å². The number of allylic oxidation sites excluding steroid dienone is 3. The Morgan fingerprint density at radius 1 is 1.17 bits per heavy atom. The molecular formula is C15H22F3NO4. The van der Waals surface area contributed by atoms with Gasteiger partial charge in [-0.05, 0) is 26.2 Å². The summed E-state index contributed by atoms with van der Waals surface area (Å²) >= 11 is 0. The molecule has 0 radical (unpaired) electrons. The van der Waals surface area contributed by atoms with Crippen LogP contribution >= 0.6 is 0 Å². The Bertz CT molecular complexity index is 431. The fraction of sp³-hybridized carbons (Fsp3) is 0.600. The number of aliphatic carboxylic acids is 1. The molecule has 3 N–H and O–H groups in total. The monoisotopic (exact) mass is 337 g/mol. The highest BCUT2D eigenvalue weighted by Crippen LogP contribution is 2.22. The molecule has 0 heterocycles. The van der Waals surface area contributed by atoms with E-state index in [2.05, 4.69) is 5.32 Å². The number of amides is 1. The zero-order valence-corrected chi connectivity index (χ0v) is 12.8. The number of halogens is 3. The molecule has 132 valence electrons. The summed E-state index contributed by atoms with van der Waals surface area (Å²) in [7, 11) is 0. The summed E-state index contributed by atoms with van der Waals surface area (Å²) in [6, 6.07) is -1.38. The molecular weight excluding hydrogens is 315 g/mol. The molecule has 0 aromatic heterocycles. The standard InChI is InChI=1S/C15H22F3NO4/c1-11(20)13(14(22)23)19-12(21)9-7-5-3-2-4-6-8-10-15(16,17)18/h3,5,7,9,11,13,20H,2,4,6,8,10H2,1H3,(H,19,21)(H,22,23)/b5-3+,9-7+. The second-order valence-electron chi connectivity index (χ2n) is 5.07. The van der Waals surface area contributed by atoms with Crippen LogP contribution in [0.4, 0.5) is 13.2 Å². The van der Waals surface area contributed by atoms with Crippen LogP contribution in [0.5, 0.6) is 0 Å². The van der Waals surface area contributed by atoms with Crippen molar-refractivity contribution in [1.82, 2.24) is 5.32 Å². The predicted octanol–water partition coefficient (Wildman–Crippen LogP) is 2.56. The molecule has 1 amide bonds. The van der Waals surface area contributed by atoms with Crippen LogP contribution in [0.3, 0.4) is 0 Å². The van der Waals surface area contributed by atoms with Gasteiger partial charge in [0.05, 0.1) is 6.10 Å². The normalized spacial score (nSPS) is 15.0. The zero-order chi connectivity index (χ0) is 17.9. The van der Waals surface area contributed by atoms with Gasteiger partial charge in [0.1, 0.15) is 0 Å². The molecule has 2 unspecified atom stereocenters. The molecule has 0 aliphatic carbocycles. The highest BCUT2D eigenvalue weighted by molar-refractivity contribution is 5.91. The second kappa shape index (κ2) is 10.8. The minimum atomic E-state index is -4.11. The number of carboxylic acid groups (broad SMARTS) is 1. The number of aliphatic hydroxyl groups is 1. The highest BCUT2D eigenvalue weighted by atomic mass is 19.4. The smallest absolute Gasteiger partial charge is 0.389 e. The summed E-state index contributed by atoms with van der Waals surface area (Å²) in [5.41, 5.74) is 0. The van der Waals surface area contributed by atoms with E-state index in [0.29, 0.717) is 19.3 Å². The number of hydrogen-bond acceptors (Lipinski definition) is 3. The first-order valence-electron chi connectivity index (χ1n) is 7.25.